The zero-order valence-electron chi connectivity index (χ0n) is 17.0. The van der Waals surface area contributed by atoms with Gasteiger partial charge in [-0.25, -0.2) is 0 Å². The minimum Gasteiger partial charge on any atom is -0.497 e. The smallest absolute Gasteiger partial charge is 0.191 e. The van der Waals surface area contributed by atoms with Crippen LogP contribution in [0, 0.1) is 0 Å². The molecule has 0 aliphatic carbocycles. The molecule has 27 heavy (non-hydrogen) atoms. The van der Waals surface area contributed by atoms with Crippen molar-refractivity contribution in [2.75, 3.05) is 26.7 Å². The van der Waals surface area contributed by atoms with Gasteiger partial charge in [-0.15, -0.1) is 0 Å². The van der Waals surface area contributed by atoms with Crippen molar-refractivity contribution in [1.82, 2.24) is 20.4 Å². The van der Waals surface area contributed by atoms with E-state index in [4.69, 9.17) is 4.74 Å². The standard InChI is InChI=1S/C21H33N5O/c1-5-22-21(23-13-6-7-18-15-25-26(3)16-18)24-14-12-17(2)19-8-10-20(27-4)11-9-19/h8-11,15-17H,5-7,12-14H2,1-4H3,(H2,22,23,24). The van der Waals surface area contributed by atoms with E-state index < -0.39 is 0 Å². The first-order chi connectivity index (χ1) is 13.1. The molecular weight excluding hydrogens is 338 g/mol. The van der Waals surface area contributed by atoms with E-state index in [1.165, 1.54) is 11.1 Å². The van der Waals surface area contributed by atoms with Crippen LogP contribution in [0.4, 0.5) is 0 Å². The maximum Gasteiger partial charge on any atom is 0.191 e. The average Bonchev–Trinajstić information content (AvgIpc) is 3.10. The van der Waals surface area contributed by atoms with E-state index in [9.17, 15) is 0 Å². The lowest BCUT2D eigenvalue weighted by Crippen LogP contribution is -2.38. The van der Waals surface area contributed by atoms with Gasteiger partial charge in [0, 0.05) is 32.9 Å². The molecule has 0 radical (unpaired) electrons. The van der Waals surface area contributed by atoms with Crippen LogP contribution in [0.1, 0.15) is 43.7 Å². The molecule has 0 aliphatic rings. The summed E-state index contributed by atoms with van der Waals surface area (Å²) in [6, 6.07) is 8.32. The zero-order valence-corrected chi connectivity index (χ0v) is 17.0. The van der Waals surface area contributed by atoms with Crippen LogP contribution in [-0.2, 0) is 13.5 Å². The van der Waals surface area contributed by atoms with Crippen LogP contribution in [-0.4, -0.2) is 42.5 Å². The number of ether oxygens (including phenoxy) is 1. The van der Waals surface area contributed by atoms with Crippen molar-refractivity contribution >= 4 is 5.96 Å². The Morgan fingerprint density at radius 3 is 2.67 bits per heavy atom. The van der Waals surface area contributed by atoms with Crippen molar-refractivity contribution in [3.8, 4) is 5.75 Å². The fourth-order valence-electron chi connectivity index (χ4n) is 2.92. The van der Waals surface area contributed by atoms with Gasteiger partial charge in [-0.05, 0) is 55.4 Å². The van der Waals surface area contributed by atoms with Gasteiger partial charge in [0.2, 0.25) is 0 Å². The quantitative estimate of drug-likeness (QED) is 0.383. The Bertz CT molecular complexity index is 693. The van der Waals surface area contributed by atoms with Crippen molar-refractivity contribution in [2.45, 2.75) is 39.0 Å². The molecule has 6 heteroatoms. The van der Waals surface area contributed by atoms with Crippen molar-refractivity contribution in [1.29, 1.82) is 0 Å². The topological polar surface area (TPSA) is 63.5 Å². The van der Waals surface area contributed by atoms with Crippen molar-refractivity contribution in [3.05, 3.63) is 47.8 Å². The molecule has 2 aromatic rings. The number of aryl methyl sites for hydroxylation is 2. The number of rotatable bonds is 10. The Kier molecular flexibility index (Phi) is 8.68. The predicted octanol–water partition coefficient (Wildman–Crippen LogP) is 3.11. The Hall–Kier alpha value is -2.50. The largest absolute Gasteiger partial charge is 0.497 e. The fraction of sp³-hybridized carbons (Fsp3) is 0.524. The number of nitrogens with one attached hydrogen (secondary N) is 2. The van der Waals surface area contributed by atoms with Gasteiger partial charge in [-0.1, -0.05) is 19.1 Å². The van der Waals surface area contributed by atoms with Crippen LogP contribution < -0.4 is 15.4 Å². The van der Waals surface area contributed by atoms with Crippen LogP contribution in [0.3, 0.4) is 0 Å². The van der Waals surface area contributed by atoms with Crippen molar-refractivity contribution < 1.29 is 4.74 Å². The van der Waals surface area contributed by atoms with E-state index in [2.05, 4.69) is 52.9 Å². The highest BCUT2D eigenvalue weighted by atomic mass is 16.5. The Labute approximate surface area is 163 Å². The number of aliphatic imine (C=N–C) groups is 1. The van der Waals surface area contributed by atoms with Crippen LogP contribution in [0.25, 0.3) is 0 Å². The lowest BCUT2D eigenvalue weighted by molar-refractivity contribution is 0.414. The lowest BCUT2D eigenvalue weighted by atomic mass is 9.98. The third kappa shape index (κ3) is 7.33. The van der Waals surface area contributed by atoms with Gasteiger partial charge in [-0.3, -0.25) is 9.67 Å². The van der Waals surface area contributed by atoms with E-state index in [1.54, 1.807) is 7.11 Å². The fourth-order valence-corrected chi connectivity index (χ4v) is 2.92. The third-order valence-electron chi connectivity index (χ3n) is 4.55. The predicted molar refractivity (Wildman–Crippen MR) is 112 cm³/mol. The SMILES string of the molecule is CCNC(=NCCCc1cnn(C)c1)NCCC(C)c1ccc(OC)cc1. The zero-order chi connectivity index (χ0) is 19.5. The van der Waals surface area contributed by atoms with Gasteiger partial charge in [0.25, 0.3) is 0 Å². The van der Waals surface area contributed by atoms with Crippen molar-refractivity contribution in [2.24, 2.45) is 12.0 Å². The van der Waals surface area contributed by atoms with E-state index in [1.807, 2.05) is 30.1 Å². The number of hydrogen-bond acceptors (Lipinski definition) is 3. The van der Waals surface area contributed by atoms with Crippen LogP contribution >= 0.6 is 0 Å². The number of nitrogens with zero attached hydrogens (tertiary/aromatic N) is 3. The van der Waals surface area contributed by atoms with Gasteiger partial charge in [0.1, 0.15) is 5.75 Å². The third-order valence-corrected chi connectivity index (χ3v) is 4.55. The molecule has 0 amide bonds. The summed E-state index contributed by atoms with van der Waals surface area (Å²) in [7, 11) is 3.64. The molecule has 0 spiro atoms. The maximum absolute atomic E-state index is 5.22. The number of hydrogen-bond donors (Lipinski definition) is 2. The highest BCUT2D eigenvalue weighted by Gasteiger charge is 2.06. The van der Waals surface area contributed by atoms with Crippen molar-refractivity contribution in [3.63, 3.8) is 0 Å². The Balaban J connectivity index is 1.73. The number of guanidine groups is 1. The summed E-state index contributed by atoms with van der Waals surface area (Å²) in [6.45, 7) is 6.90. The molecule has 0 bridgehead atoms. The summed E-state index contributed by atoms with van der Waals surface area (Å²) >= 11 is 0. The van der Waals surface area contributed by atoms with Gasteiger partial charge < -0.3 is 15.4 Å². The molecule has 1 aromatic carbocycles. The minimum absolute atomic E-state index is 0.483. The minimum atomic E-state index is 0.483. The summed E-state index contributed by atoms with van der Waals surface area (Å²) in [5.74, 6) is 2.28. The lowest BCUT2D eigenvalue weighted by Gasteiger charge is -2.15. The monoisotopic (exact) mass is 371 g/mol. The summed E-state index contributed by atoms with van der Waals surface area (Å²) in [5.41, 5.74) is 2.59. The summed E-state index contributed by atoms with van der Waals surface area (Å²) in [4.78, 5) is 4.68. The Morgan fingerprint density at radius 2 is 2.04 bits per heavy atom. The van der Waals surface area contributed by atoms with E-state index >= 15 is 0 Å². The molecular formula is C21H33N5O. The molecule has 2 N–H and O–H groups in total. The number of benzene rings is 1. The van der Waals surface area contributed by atoms with Gasteiger partial charge in [-0.2, -0.15) is 5.10 Å². The van der Waals surface area contributed by atoms with Crippen LogP contribution in [0.5, 0.6) is 5.75 Å². The van der Waals surface area contributed by atoms with E-state index in [0.717, 1.165) is 50.6 Å². The Morgan fingerprint density at radius 1 is 1.26 bits per heavy atom. The second kappa shape index (κ2) is 11.3. The molecule has 6 nitrogen and oxygen atoms in total. The van der Waals surface area contributed by atoms with Crippen LogP contribution in [0.2, 0.25) is 0 Å². The highest BCUT2D eigenvalue weighted by Crippen LogP contribution is 2.21. The molecule has 0 fully saturated rings. The molecule has 1 aromatic heterocycles. The summed E-state index contributed by atoms with van der Waals surface area (Å²) < 4.78 is 7.07. The first-order valence-corrected chi connectivity index (χ1v) is 9.76. The van der Waals surface area contributed by atoms with Crippen LogP contribution in [0.15, 0.2) is 41.7 Å². The highest BCUT2D eigenvalue weighted by molar-refractivity contribution is 5.79. The second-order valence-corrected chi connectivity index (χ2v) is 6.78. The average molecular weight is 372 g/mol. The number of aromatic nitrogens is 2. The maximum atomic E-state index is 5.22. The van der Waals surface area contributed by atoms with Gasteiger partial charge >= 0.3 is 0 Å². The molecule has 1 unspecified atom stereocenters. The van der Waals surface area contributed by atoms with E-state index in [-0.39, 0.29) is 0 Å². The normalized spacial score (nSPS) is 12.7. The number of methoxy groups -OCH3 is 1. The molecule has 0 aliphatic heterocycles. The second-order valence-electron chi connectivity index (χ2n) is 6.78. The molecule has 2 rings (SSSR count). The molecule has 0 saturated carbocycles. The molecule has 148 valence electrons. The van der Waals surface area contributed by atoms with Gasteiger partial charge in [0.05, 0.1) is 13.3 Å². The first kappa shape index (κ1) is 20.8. The first-order valence-electron chi connectivity index (χ1n) is 9.76. The summed E-state index contributed by atoms with van der Waals surface area (Å²) in [6.07, 6.45) is 7.06. The molecule has 1 atom stereocenters. The van der Waals surface area contributed by atoms with Gasteiger partial charge in [0.15, 0.2) is 5.96 Å². The van der Waals surface area contributed by atoms with E-state index in [0.29, 0.717) is 5.92 Å². The summed E-state index contributed by atoms with van der Waals surface area (Å²) in [5, 5.41) is 11.0. The molecule has 0 saturated heterocycles. The molecule has 1 heterocycles.